The molecule has 0 radical (unpaired) electrons. The van der Waals surface area contributed by atoms with Crippen molar-refractivity contribution >= 4 is 5.82 Å². The minimum Gasteiger partial charge on any atom is -0.368 e. The SMILES string of the molecule is Cc1nccn1-c1ccnc(NC(C)C)c1. The predicted octanol–water partition coefficient (Wildman–Crippen LogP) is 2.40. The van der Waals surface area contributed by atoms with Crippen molar-refractivity contribution in [3.05, 3.63) is 36.5 Å². The molecule has 16 heavy (non-hydrogen) atoms. The summed E-state index contributed by atoms with van der Waals surface area (Å²) in [5.74, 6) is 1.86. The van der Waals surface area contributed by atoms with Crippen LogP contribution in [0.2, 0.25) is 0 Å². The molecule has 0 saturated heterocycles. The Morgan fingerprint density at radius 2 is 2.06 bits per heavy atom. The topological polar surface area (TPSA) is 42.7 Å². The average Bonchev–Trinajstić information content (AvgIpc) is 2.64. The van der Waals surface area contributed by atoms with E-state index in [2.05, 4.69) is 29.1 Å². The van der Waals surface area contributed by atoms with Crippen molar-refractivity contribution in [2.45, 2.75) is 26.8 Å². The lowest BCUT2D eigenvalue weighted by molar-refractivity contribution is 0.886. The van der Waals surface area contributed by atoms with Crippen LogP contribution >= 0.6 is 0 Å². The maximum atomic E-state index is 4.27. The Hall–Kier alpha value is -1.84. The number of hydrogen-bond donors (Lipinski definition) is 1. The summed E-state index contributed by atoms with van der Waals surface area (Å²) < 4.78 is 2.03. The molecular formula is C12H16N4. The van der Waals surface area contributed by atoms with E-state index in [0.717, 1.165) is 17.3 Å². The van der Waals surface area contributed by atoms with E-state index < -0.39 is 0 Å². The molecular weight excluding hydrogens is 200 g/mol. The second-order valence-corrected chi connectivity index (χ2v) is 4.04. The third-order valence-electron chi connectivity index (χ3n) is 2.28. The number of anilines is 1. The van der Waals surface area contributed by atoms with Crippen molar-refractivity contribution < 1.29 is 0 Å². The molecule has 0 aliphatic carbocycles. The van der Waals surface area contributed by atoms with Crippen LogP contribution in [0, 0.1) is 6.92 Å². The fourth-order valence-corrected chi connectivity index (χ4v) is 1.59. The highest BCUT2D eigenvalue weighted by Crippen LogP contribution is 2.13. The molecule has 0 amide bonds. The van der Waals surface area contributed by atoms with Crippen molar-refractivity contribution in [1.82, 2.24) is 14.5 Å². The average molecular weight is 216 g/mol. The van der Waals surface area contributed by atoms with Crippen molar-refractivity contribution in [1.29, 1.82) is 0 Å². The van der Waals surface area contributed by atoms with E-state index >= 15 is 0 Å². The van der Waals surface area contributed by atoms with Gasteiger partial charge in [0.05, 0.1) is 5.69 Å². The molecule has 0 fully saturated rings. The first-order valence-electron chi connectivity index (χ1n) is 5.40. The summed E-state index contributed by atoms with van der Waals surface area (Å²) in [6, 6.07) is 4.38. The Balaban J connectivity index is 2.33. The molecule has 0 saturated carbocycles. The van der Waals surface area contributed by atoms with Crippen molar-refractivity contribution in [3.8, 4) is 5.69 Å². The molecule has 84 valence electrons. The number of pyridine rings is 1. The molecule has 0 aromatic carbocycles. The minimum atomic E-state index is 0.381. The van der Waals surface area contributed by atoms with Crippen LogP contribution in [0.5, 0.6) is 0 Å². The summed E-state index contributed by atoms with van der Waals surface area (Å²) in [5, 5.41) is 3.28. The zero-order chi connectivity index (χ0) is 11.5. The van der Waals surface area contributed by atoms with Gasteiger partial charge in [-0.1, -0.05) is 0 Å². The van der Waals surface area contributed by atoms with Gasteiger partial charge in [0.15, 0.2) is 0 Å². The van der Waals surface area contributed by atoms with Crippen LogP contribution in [0.25, 0.3) is 5.69 Å². The number of nitrogens with one attached hydrogen (secondary N) is 1. The Labute approximate surface area is 95.4 Å². The van der Waals surface area contributed by atoms with E-state index in [9.17, 15) is 0 Å². The van der Waals surface area contributed by atoms with Gasteiger partial charge in [0.25, 0.3) is 0 Å². The van der Waals surface area contributed by atoms with Gasteiger partial charge < -0.3 is 9.88 Å². The van der Waals surface area contributed by atoms with Gasteiger partial charge in [0.1, 0.15) is 11.6 Å². The van der Waals surface area contributed by atoms with Crippen LogP contribution in [0.3, 0.4) is 0 Å². The Kier molecular flexibility index (Phi) is 2.90. The number of imidazole rings is 1. The van der Waals surface area contributed by atoms with E-state index in [1.165, 1.54) is 0 Å². The number of aromatic nitrogens is 3. The quantitative estimate of drug-likeness (QED) is 0.856. The highest BCUT2D eigenvalue weighted by atomic mass is 15.1. The highest BCUT2D eigenvalue weighted by Gasteiger charge is 2.02. The van der Waals surface area contributed by atoms with Gasteiger partial charge in [-0.05, 0) is 26.8 Å². The van der Waals surface area contributed by atoms with Gasteiger partial charge >= 0.3 is 0 Å². The van der Waals surface area contributed by atoms with E-state index in [1.807, 2.05) is 29.8 Å². The molecule has 2 heterocycles. The first-order valence-corrected chi connectivity index (χ1v) is 5.40. The molecule has 0 bridgehead atoms. The van der Waals surface area contributed by atoms with Gasteiger partial charge in [0.2, 0.25) is 0 Å². The van der Waals surface area contributed by atoms with Crippen LogP contribution < -0.4 is 5.32 Å². The zero-order valence-corrected chi connectivity index (χ0v) is 9.81. The molecule has 2 rings (SSSR count). The number of nitrogens with zero attached hydrogens (tertiary/aromatic N) is 3. The zero-order valence-electron chi connectivity index (χ0n) is 9.81. The fraction of sp³-hybridized carbons (Fsp3) is 0.333. The molecule has 0 atom stereocenters. The van der Waals surface area contributed by atoms with Crippen LogP contribution in [-0.2, 0) is 0 Å². The van der Waals surface area contributed by atoms with E-state index in [1.54, 1.807) is 12.4 Å². The minimum absolute atomic E-state index is 0.381. The van der Waals surface area contributed by atoms with Gasteiger partial charge in [0, 0.05) is 30.7 Å². The van der Waals surface area contributed by atoms with Gasteiger partial charge in [-0.15, -0.1) is 0 Å². The molecule has 2 aromatic heterocycles. The Morgan fingerprint density at radius 3 is 2.69 bits per heavy atom. The summed E-state index contributed by atoms with van der Waals surface area (Å²) in [7, 11) is 0. The molecule has 0 spiro atoms. The van der Waals surface area contributed by atoms with Crippen LogP contribution in [0.4, 0.5) is 5.82 Å². The van der Waals surface area contributed by atoms with Gasteiger partial charge in [-0.25, -0.2) is 9.97 Å². The first-order chi connectivity index (χ1) is 7.66. The normalized spacial score (nSPS) is 10.8. The summed E-state index contributed by atoms with van der Waals surface area (Å²) in [6.07, 6.45) is 5.55. The second-order valence-electron chi connectivity index (χ2n) is 4.04. The van der Waals surface area contributed by atoms with Crippen LogP contribution in [0.15, 0.2) is 30.7 Å². The van der Waals surface area contributed by atoms with E-state index in [-0.39, 0.29) is 0 Å². The largest absolute Gasteiger partial charge is 0.368 e. The third-order valence-corrected chi connectivity index (χ3v) is 2.28. The van der Waals surface area contributed by atoms with E-state index in [0.29, 0.717) is 6.04 Å². The number of hydrogen-bond acceptors (Lipinski definition) is 3. The summed E-state index contributed by atoms with van der Waals surface area (Å²) >= 11 is 0. The Morgan fingerprint density at radius 1 is 1.25 bits per heavy atom. The molecule has 4 heteroatoms. The smallest absolute Gasteiger partial charge is 0.128 e. The molecule has 2 aromatic rings. The lowest BCUT2D eigenvalue weighted by atomic mass is 10.3. The monoisotopic (exact) mass is 216 g/mol. The third kappa shape index (κ3) is 2.21. The van der Waals surface area contributed by atoms with Crippen LogP contribution in [0.1, 0.15) is 19.7 Å². The van der Waals surface area contributed by atoms with Crippen molar-refractivity contribution in [2.24, 2.45) is 0 Å². The first kappa shape index (κ1) is 10.7. The van der Waals surface area contributed by atoms with Gasteiger partial charge in [-0.3, -0.25) is 0 Å². The maximum absolute atomic E-state index is 4.27. The molecule has 0 aliphatic rings. The molecule has 0 unspecified atom stereocenters. The molecule has 4 nitrogen and oxygen atoms in total. The standard InChI is InChI=1S/C12H16N4/c1-9(2)15-12-8-11(4-5-14-12)16-7-6-13-10(16)3/h4-9H,1-3H3,(H,14,15). The molecule has 0 aliphatic heterocycles. The fourth-order valence-electron chi connectivity index (χ4n) is 1.59. The highest BCUT2D eigenvalue weighted by molar-refractivity contribution is 5.45. The van der Waals surface area contributed by atoms with Crippen molar-refractivity contribution in [3.63, 3.8) is 0 Å². The number of aryl methyl sites for hydroxylation is 1. The van der Waals surface area contributed by atoms with E-state index in [4.69, 9.17) is 0 Å². The lowest BCUT2D eigenvalue weighted by Crippen LogP contribution is -2.11. The van der Waals surface area contributed by atoms with Gasteiger partial charge in [-0.2, -0.15) is 0 Å². The lowest BCUT2D eigenvalue weighted by Gasteiger charge is -2.11. The summed E-state index contributed by atoms with van der Waals surface area (Å²) in [4.78, 5) is 8.48. The number of rotatable bonds is 3. The predicted molar refractivity (Wildman–Crippen MR) is 64.9 cm³/mol. The summed E-state index contributed by atoms with van der Waals surface area (Å²) in [6.45, 7) is 6.17. The van der Waals surface area contributed by atoms with Crippen molar-refractivity contribution in [2.75, 3.05) is 5.32 Å². The summed E-state index contributed by atoms with van der Waals surface area (Å²) in [5.41, 5.74) is 1.08. The second kappa shape index (κ2) is 4.35. The van der Waals surface area contributed by atoms with Crippen LogP contribution in [-0.4, -0.2) is 20.6 Å². The Bertz CT molecular complexity index is 473. The maximum Gasteiger partial charge on any atom is 0.128 e. The molecule has 1 N–H and O–H groups in total.